The van der Waals surface area contributed by atoms with E-state index in [-0.39, 0.29) is 97.3 Å². The summed E-state index contributed by atoms with van der Waals surface area (Å²) in [5.74, 6) is 0.228. The van der Waals surface area contributed by atoms with Gasteiger partial charge >= 0.3 is 0 Å². The molecule has 12 heteroatoms. The van der Waals surface area contributed by atoms with Crippen LogP contribution in [-0.2, 0) is 47.4 Å². The molecule has 3 heterocycles. The van der Waals surface area contributed by atoms with E-state index in [0.29, 0.717) is 12.0 Å². The van der Waals surface area contributed by atoms with E-state index in [4.69, 9.17) is 42.6 Å². The number of allylic oxidation sites excluding steroid dienone is 1. The highest BCUT2D eigenvalue weighted by Gasteiger charge is 2.66. The Hall–Kier alpha value is -1.03. The Morgan fingerprint density at radius 1 is 0.925 bits per heavy atom. The Kier molecular flexibility index (Phi) is 14.2. The number of likely N-dealkylation sites (N-methyl/N-ethyl adjacent to an activating group) is 1. The molecule has 3 aliphatic carbocycles. The molecule has 0 aromatic heterocycles. The molecule has 3 aliphatic heterocycles. The van der Waals surface area contributed by atoms with Crippen LogP contribution in [0.2, 0.25) is 0 Å². The quantitative estimate of drug-likeness (QED) is 0.200. The van der Waals surface area contributed by atoms with Crippen LogP contribution in [-0.4, -0.2) is 145 Å². The first-order chi connectivity index (χ1) is 25.5. The lowest BCUT2D eigenvalue weighted by Gasteiger charge is -2.44. The largest absolute Gasteiger partial charge is 0.396 e. The molecule has 5 fully saturated rings. The van der Waals surface area contributed by atoms with Gasteiger partial charge in [-0.15, -0.1) is 0 Å². The molecule has 0 radical (unpaired) electrons. The summed E-state index contributed by atoms with van der Waals surface area (Å²) in [4.78, 5) is 16.9. The minimum atomic E-state index is -0.594. The molecule has 0 aromatic carbocycles. The third-order valence-corrected chi connectivity index (χ3v) is 13.9. The van der Waals surface area contributed by atoms with E-state index >= 15 is 0 Å². The molecule has 6 unspecified atom stereocenters. The minimum Gasteiger partial charge on any atom is -0.396 e. The topological polar surface area (TPSA) is 127 Å². The van der Waals surface area contributed by atoms with Crippen LogP contribution < -0.4 is 0 Å². The molecule has 0 aromatic rings. The van der Waals surface area contributed by atoms with Crippen molar-refractivity contribution in [1.82, 2.24) is 4.90 Å². The molecule has 19 atom stereocenters. The van der Waals surface area contributed by atoms with E-state index in [1.54, 1.807) is 28.4 Å². The number of ketones is 1. The van der Waals surface area contributed by atoms with E-state index in [1.807, 2.05) is 13.8 Å². The summed E-state index contributed by atoms with van der Waals surface area (Å²) in [5, 5.41) is 10.9. The summed E-state index contributed by atoms with van der Waals surface area (Å²) in [6, 6.07) is 0.333. The zero-order chi connectivity index (χ0) is 38.1. The molecule has 6 aliphatic rings. The van der Waals surface area contributed by atoms with Gasteiger partial charge in [-0.1, -0.05) is 19.9 Å². The fourth-order valence-corrected chi connectivity index (χ4v) is 11.0. The van der Waals surface area contributed by atoms with Gasteiger partial charge in [-0.3, -0.25) is 4.79 Å². The van der Waals surface area contributed by atoms with Crippen LogP contribution in [0.4, 0.5) is 0 Å². The van der Waals surface area contributed by atoms with Crippen molar-refractivity contribution in [2.45, 2.75) is 159 Å². The average molecular weight is 752 g/mol. The monoisotopic (exact) mass is 751 g/mol. The molecular formula is C41H69NO11. The van der Waals surface area contributed by atoms with E-state index in [2.05, 4.69) is 38.9 Å². The van der Waals surface area contributed by atoms with Crippen molar-refractivity contribution in [1.29, 1.82) is 0 Å². The van der Waals surface area contributed by atoms with Gasteiger partial charge in [0.2, 0.25) is 0 Å². The first-order valence-corrected chi connectivity index (χ1v) is 20.4. The van der Waals surface area contributed by atoms with Crippen molar-refractivity contribution in [2.75, 3.05) is 49.1 Å². The van der Waals surface area contributed by atoms with E-state index in [1.165, 1.54) is 0 Å². The second-order valence-electron chi connectivity index (χ2n) is 16.9. The van der Waals surface area contributed by atoms with Gasteiger partial charge in [0, 0.05) is 52.2 Å². The molecule has 12 nitrogen and oxygen atoms in total. The number of methoxy groups -OCH3 is 4. The number of carbonyl (C=O) groups is 1. The predicted octanol–water partition coefficient (Wildman–Crippen LogP) is 4.39. The number of aliphatic hydroxyl groups is 1. The highest BCUT2D eigenvalue weighted by molar-refractivity contribution is 5.98. The van der Waals surface area contributed by atoms with Crippen LogP contribution in [0.3, 0.4) is 0 Å². The van der Waals surface area contributed by atoms with E-state index < -0.39 is 18.3 Å². The first kappa shape index (κ1) is 41.6. The number of Topliss-reactive ketones (excluding diaryl/α,β-unsaturated/α-hetero) is 1. The summed E-state index contributed by atoms with van der Waals surface area (Å²) in [6.45, 7) is 8.15. The molecule has 6 rings (SSSR count). The normalized spacial score (nSPS) is 43.8. The molecule has 2 saturated carbocycles. The minimum absolute atomic E-state index is 0.0311. The summed E-state index contributed by atoms with van der Waals surface area (Å²) in [7, 11) is 10.9. The Balaban J connectivity index is 1.16. The Morgan fingerprint density at radius 3 is 2.26 bits per heavy atom. The molecule has 304 valence electrons. The van der Waals surface area contributed by atoms with Crippen molar-refractivity contribution < 1.29 is 52.5 Å². The Morgan fingerprint density at radius 2 is 1.64 bits per heavy atom. The second-order valence-corrected chi connectivity index (χ2v) is 16.9. The van der Waals surface area contributed by atoms with Gasteiger partial charge < -0.3 is 52.6 Å². The van der Waals surface area contributed by atoms with Gasteiger partial charge in [-0.25, -0.2) is 0 Å². The maximum atomic E-state index is 14.7. The van der Waals surface area contributed by atoms with Gasteiger partial charge in [0.15, 0.2) is 18.4 Å². The lowest BCUT2D eigenvalue weighted by atomic mass is 9.67. The molecular weight excluding hydrogens is 682 g/mol. The Bertz CT molecular complexity index is 1230. The van der Waals surface area contributed by atoms with Crippen molar-refractivity contribution in [3.63, 3.8) is 0 Å². The molecule has 3 saturated heterocycles. The van der Waals surface area contributed by atoms with Crippen LogP contribution in [0.25, 0.3) is 0 Å². The predicted molar refractivity (Wildman–Crippen MR) is 197 cm³/mol. The lowest BCUT2D eigenvalue weighted by Crippen LogP contribution is -2.59. The van der Waals surface area contributed by atoms with Crippen molar-refractivity contribution in [3.8, 4) is 0 Å². The lowest BCUT2D eigenvalue weighted by molar-refractivity contribution is -0.314. The zero-order valence-electron chi connectivity index (χ0n) is 33.9. The summed E-state index contributed by atoms with van der Waals surface area (Å²) >= 11 is 0. The first-order valence-electron chi connectivity index (χ1n) is 20.4. The van der Waals surface area contributed by atoms with Crippen molar-refractivity contribution in [2.24, 2.45) is 35.5 Å². The van der Waals surface area contributed by atoms with Crippen molar-refractivity contribution >= 4 is 5.78 Å². The van der Waals surface area contributed by atoms with E-state index in [9.17, 15) is 9.90 Å². The molecule has 0 bridgehead atoms. The number of fused-ring (bicyclic) bond motifs is 6. The SMILES string of the molecule is CC[C@@H](CCC[C@H](O[C@H]1CC[C@H](N(C)C)C(C)O1)[C@@H](C)C(=O)C1=C[C@H]2[C@@H]3C[C@H](O[C@@H]4OC(C)[C@H](OC)C(OC)C4OC)C[C@H]3C3OC3[C@H]2[C@@H]1CO)OC. The van der Waals surface area contributed by atoms with Gasteiger partial charge in [-0.2, -0.15) is 0 Å². The Labute approximate surface area is 317 Å². The van der Waals surface area contributed by atoms with Crippen LogP contribution in [0, 0.1) is 35.5 Å². The number of hydrogen-bond donors (Lipinski definition) is 1. The number of hydrogen-bond acceptors (Lipinski definition) is 12. The standard InChI is InChI=1S/C41H69NO11/c1-11-24(45-7)13-12-14-32(52-33-16-15-31(42(5)6)22(3)49-33)21(2)35(44)28-19-27-26-17-25(18-29(26)37-38(53-37)34(27)30(28)20-43)51-41-40(48-10)39(47-9)36(46-8)23(4)50-41/h19,21-27,29-34,36-41,43H,11-18,20H2,1-10H3/t21-,22?,23?,24+,25+,26+,27+,29-,30-,31+,32+,33+,34-,36+,37?,38?,39?,40?,41+/m1/s1. The van der Waals surface area contributed by atoms with Gasteiger partial charge in [0.05, 0.1) is 49.3 Å². The van der Waals surface area contributed by atoms with Crippen LogP contribution in [0.15, 0.2) is 11.6 Å². The van der Waals surface area contributed by atoms with Gasteiger partial charge in [0.25, 0.3) is 0 Å². The summed E-state index contributed by atoms with van der Waals surface area (Å²) < 4.78 is 55.6. The van der Waals surface area contributed by atoms with Crippen LogP contribution in [0.5, 0.6) is 0 Å². The maximum absolute atomic E-state index is 14.7. The molecule has 1 N–H and O–H groups in total. The average Bonchev–Trinajstić information content (AvgIpc) is 3.67. The third kappa shape index (κ3) is 8.49. The number of epoxide rings is 1. The van der Waals surface area contributed by atoms with Crippen molar-refractivity contribution in [3.05, 3.63) is 11.6 Å². The van der Waals surface area contributed by atoms with Crippen LogP contribution >= 0.6 is 0 Å². The highest BCUT2D eigenvalue weighted by Crippen LogP contribution is 2.62. The summed E-state index contributed by atoms with van der Waals surface area (Å²) in [5.41, 5.74) is 0.745. The molecule has 0 spiro atoms. The number of carbonyl (C=O) groups excluding carboxylic acids is 1. The number of ether oxygens (including phenoxy) is 9. The fourth-order valence-electron chi connectivity index (χ4n) is 11.0. The third-order valence-electron chi connectivity index (χ3n) is 13.9. The molecule has 53 heavy (non-hydrogen) atoms. The smallest absolute Gasteiger partial charge is 0.187 e. The number of rotatable bonds is 18. The highest BCUT2D eigenvalue weighted by atomic mass is 16.7. The molecule has 0 amide bonds. The van der Waals surface area contributed by atoms with E-state index in [0.717, 1.165) is 56.9 Å². The zero-order valence-corrected chi connectivity index (χ0v) is 33.9. The number of nitrogens with zero attached hydrogens (tertiary/aromatic N) is 1. The fraction of sp³-hybridized carbons (Fsp3) is 0.927. The number of aliphatic hydroxyl groups excluding tert-OH is 1. The van der Waals surface area contributed by atoms with Gasteiger partial charge in [-0.05, 0) is 103 Å². The summed E-state index contributed by atoms with van der Waals surface area (Å²) in [6.07, 6.45) is 6.93. The van der Waals surface area contributed by atoms with Crippen LogP contribution in [0.1, 0.15) is 79.1 Å². The second kappa shape index (κ2) is 18.1. The maximum Gasteiger partial charge on any atom is 0.187 e. The van der Waals surface area contributed by atoms with Gasteiger partial charge in [0.1, 0.15) is 18.3 Å².